The van der Waals surface area contributed by atoms with Gasteiger partial charge in [0.15, 0.2) is 0 Å². The fourth-order valence-corrected chi connectivity index (χ4v) is 2.15. The average Bonchev–Trinajstić information content (AvgIpc) is 2.25. The lowest BCUT2D eigenvalue weighted by atomic mass is 10.2. The normalized spacial score (nSPS) is 11.9. The smallest absolute Gasteiger partial charge is 0.0442 e. The molecule has 0 aliphatic heterocycles. The fourth-order valence-electron chi connectivity index (χ4n) is 1.65. The van der Waals surface area contributed by atoms with Crippen LogP contribution in [0, 0.1) is 0 Å². The first kappa shape index (κ1) is 14.8. The summed E-state index contributed by atoms with van der Waals surface area (Å²) in [6.07, 6.45) is 10.5. The van der Waals surface area contributed by atoms with Gasteiger partial charge in [-0.15, -0.1) is 0 Å². The molecule has 0 aromatic carbocycles. The molecule has 0 saturated carbocycles. The van der Waals surface area contributed by atoms with Gasteiger partial charge in [0.05, 0.1) is 0 Å². The Morgan fingerprint density at radius 2 is 1.47 bits per heavy atom. The zero-order valence-corrected chi connectivity index (χ0v) is 12.4. The first-order valence-electron chi connectivity index (χ1n) is 6.75. The van der Waals surface area contributed by atoms with Crippen LogP contribution in [0.25, 0.3) is 0 Å². The molecule has 15 heavy (non-hydrogen) atoms. The van der Waals surface area contributed by atoms with Gasteiger partial charge in [-0.05, 0) is 19.0 Å². The van der Waals surface area contributed by atoms with Crippen LogP contribution in [0.2, 0.25) is 6.55 Å². The van der Waals surface area contributed by atoms with E-state index in [1.165, 1.54) is 51.6 Å². The van der Waals surface area contributed by atoms with Gasteiger partial charge in [0, 0.05) is 22.6 Å². The van der Waals surface area contributed by atoms with Crippen molar-refractivity contribution < 1.29 is 0 Å². The van der Waals surface area contributed by atoms with Crippen LogP contribution in [0.4, 0.5) is 0 Å². The predicted molar refractivity (Wildman–Crippen MR) is 74.2 cm³/mol. The van der Waals surface area contributed by atoms with Crippen LogP contribution in [-0.2, 0) is 0 Å². The summed E-state index contributed by atoms with van der Waals surface area (Å²) >= 11 is 0. The van der Waals surface area contributed by atoms with Gasteiger partial charge in [-0.3, -0.25) is 0 Å². The highest BCUT2D eigenvalue weighted by atomic mass is 28.2. The molecule has 0 atom stereocenters. The lowest BCUT2D eigenvalue weighted by molar-refractivity contribution is 0.354. The summed E-state index contributed by atoms with van der Waals surface area (Å²) in [5.41, 5.74) is 2.41. The summed E-state index contributed by atoms with van der Waals surface area (Å²) < 4.78 is 0. The molecule has 0 rings (SSSR count). The van der Waals surface area contributed by atoms with Crippen LogP contribution in [0.5, 0.6) is 0 Å². The molecule has 0 aliphatic rings. The van der Waals surface area contributed by atoms with Crippen LogP contribution in [-0.4, -0.2) is 27.5 Å². The maximum absolute atomic E-state index is 2.53. The van der Waals surface area contributed by atoms with Crippen molar-refractivity contribution in [3.8, 4) is 0 Å². The molecular formula is C13H29NSi. The summed E-state index contributed by atoms with van der Waals surface area (Å²) in [6.45, 7) is 9.42. The second-order valence-electron chi connectivity index (χ2n) is 4.24. The molecule has 0 aliphatic carbocycles. The quantitative estimate of drug-likeness (QED) is 0.409. The lowest BCUT2D eigenvalue weighted by Crippen LogP contribution is -2.20. The van der Waals surface area contributed by atoms with Crippen molar-refractivity contribution in [2.24, 2.45) is 0 Å². The Morgan fingerprint density at radius 1 is 0.933 bits per heavy atom. The number of hydrogen-bond acceptors (Lipinski definition) is 1. The van der Waals surface area contributed by atoms with Gasteiger partial charge in [0.2, 0.25) is 0 Å². The first-order chi connectivity index (χ1) is 7.35. The minimum atomic E-state index is 0.0920. The van der Waals surface area contributed by atoms with Crippen molar-refractivity contribution >= 4 is 9.52 Å². The van der Waals surface area contributed by atoms with Crippen molar-refractivity contribution in [2.45, 2.75) is 58.9 Å². The SMILES string of the molecule is CCCCCN(C=C[SiH2]C)CCCCC. The predicted octanol–water partition coefficient (Wildman–Crippen LogP) is 3.36. The molecule has 0 unspecified atom stereocenters. The van der Waals surface area contributed by atoms with Crippen molar-refractivity contribution in [1.82, 2.24) is 4.90 Å². The van der Waals surface area contributed by atoms with Crippen molar-refractivity contribution in [3.63, 3.8) is 0 Å². The lowest BCUT2D eigenvalue weighted by Gasteiger charge is -2.20. The molecule has 0 saturated heterocycles. The highest BCUT2D eigenvalue weighted by Crippen LogP contribution is 2.03. The standard InChI is InChI=1S/C13H29NSi/c1-4-6-8-10-14(12-13-15-3)11-9-7-5-2/h12-13H,4-11,15H2,1-3H3. The van der Waals surface area contributed by atoms with Crippen LogP contribution >= 0.6 is 0 Å². The molecule has 0 bridgehead atoms. The van der Waals surface area contributed by atoms with Crippen LogP contribution in [0.1, 0.15) is 52.4 Å². The van der Waals surface area contributed by atoms with Gasteiger partial charge in [-0.1, -0.05) is 51.8 Å². The highest BCUT2D eigenvalue weighted by Gasteiger charge is 1.97. The molecule has 0 aromatic rings. The largest absolute Gasteiger partial charge is 0.378 e. The zero-order valence-electron chi connectivity index (χ0n) is 11.0. The average molecular weight is 227 g/mol. The Bertz CT molecular complexity index is 135. The fraction of sp³-hybridized carbons (Fsp3) is 0.846. The molecular weight excluding hydrogens is 198 g/mol. The van der Waals surface area contributed by atoms with E-state index in [0.717, 1.165) is 0 Å². The first-order valence-corrected chi connectivity index (χ1v) is 8.98. The molecule has 0 aromatic heterocycles. The van der Waals surface area contributed by atoms with Gasteiger partial charge >= 0.3 is 0 Å². The van der Waals surface area contributed by atoms with Gasteiger partial charge in [0.1, 0.15) is 0 Å². The summed E-state index contributed by atoms with van der Waals surface area (Å²) in [7, 11) is 0.0920. The number of rotatable bonds is 10. The number of hydrogen-bond donors (Lipinski definition) is 0. The summed E-state index contributed by atoms with van der Waals surface area (Å²) in [5.74, 6) is 0. The van der Waals surface area contributed by atoms with E-state index in [-0.39, 0.29) is 9.52 Å². The van der Waals surface area contributed by atoms with Crippen LogP contribution in [0.3, 0.4) is 0 Å². The Morgan fingerprint density at radius 3 is 1.87 bits per heavy atom. The minimum absolute atomic E-state index is 0.0920. The maximum Gasteiger partial charge on any atom is 0.0442 e. The highest BCUT2D eigenvalue weighted by molar-refractivity contribution is 6.40. The second kappa shape index (κ2) is 11.8. The van der Waals surface area contributed by atoms with E-state index in [1.54, 1.807) is 0 Å². The molecule has 0 fully saturated rings. The molecule has 0 radical (unpaired) electrons. The molecule has 0 spiro atoms. The Labute approximate surface area is 98.8 Å². The topological polar surface area (TPSA) is 3.24 Å². The maximum atomic E-state index is 2.53. The Hall–Kier alpha value is -0.243. The second-order valence-corrected chi connectivity index (χ2v) is 5.53. The van der Waals surface area contributed by atoms with Gasteiger partial charge in [0.25, 0.3) is 0 Å². The van der Waals surface area contributed by atoms with Gasteiger partial charge < -0.3 is 4.90 Å². The number of unbranched alkanes of at least 4 members (excludes halogenated alkanes) is 4. The third kappa shape index (κ3) is 10.0. The van der Waals surface area contributed by atoms with E-state index in [1.807, 2.05) is 0 Å². The van der Waals surface area contributed by atoms with Crippen molar-refractivity contribution in [3.05, 3.63) is 11.9 Å². The van der Waals surface area contributed by atoms with Crippen LogP contribution < -0.4 is 0 Å². The van der Waals surface area contributed by atoms with E-state index in [2.05, 4.69) is 37.2 Å². The molecule has 0 heterocycles. The minimum Gasteiger partial charge on any atom is -0.378 e. The van der Waals surface area contributed by atoms with Gasteiger partial charge in [-0.25, -0.2) is 0 Å². The zero-order chi connectivity index (χ0) is 11.4. The third-order valence-corrected chi connectivity index (χ3v) is 3.33. The van der Waals surface area contributed by atoms with E-state index < -0.39 is 0 Å². The van der Waals surface area contributed by atoms with E-state index in [9.17, 15) is 0 Å². The summed E-state index contributed by atoms with van der Waals surface area (Å²) in [5, 5.41) is 0. The molecule has 90 valence electrons. The summed E-state index contributed by atoms with van der Waals surface area (Å²) in [6, 6.07) is 0. The molecule has 1 nitrogen and oxygen atoms in total. The van der Waals surface area contributed by atoms with Gasteiger partial charge in [-0.2, -0.15) is 0 Å². The van der Waals surface area contributed by atoms with Crippen LogP contribution in [0.15, 0.2) is 11.9 Å². The Balaban J connectivity index is 3.68. The third-order valence-electron chi connectivity index (χ3n) is 2.65. The van der Waals surface area contributed by atoms with Crippen molar-refractivity contribution in [2.75, 3.05) is 13.1 Å². The van der Waals surface area contributed by atoms with E-state index in [0.29, 0.717) is 0 Å². The monoisotopic (exact) mass is 227 g/mol. The van der Waals surface area contributed by atoms with Crippen molar-refractivity contribution in [1.29, 1.82) is 0 Å². The van der Waals surface area contributed by atoms with E-state index in [4.69, 9.17) is 0 Å². The number of nitrogens with zero attached hydrogens (tertiary/aromatic N) is 1. The molecule has 2 heteroatoms. The Kier molecular flexibility index (Phi) is 11.6. The van der Waals surface area contributed by atoms with E-state index >= 15 is 0 Å². The summed E-state index contributed by atoms with van der Waals surface area (Å²) in [4.78, 5) is 2.53. The molecule has 0 amide bonds. The molecule has 0 N–H and O–H groups in total.